The van der Waals surface area contributed by atoms with Crippen LogP contribution in [0.4, 0.5) is 30.4 Å². The minimum absolute atomic E-state index is 0.224. The van der Waals surface area contributed by atoms with Gasteiger partial charge in [0.05, 0.1) is 5.56 Å². The van der Waals surface area contributed by atoms with E-state index < -0.39 is 30.8 Å². The average Bonchev–Trinajstić information content (AvgIpc) is 2.73. The molecule has 1 aliphatic rings. The van der Waals surface area contributed by atoms with Gasteiger partial charge in [0.15, 0.2) is 0 Å². The summed E-state index contributed by atoms with van der Waals surface area (Å²) >= 11 is 0. The van der Waals surface area contributed by atoms with Crippen LogP contribution in [0.3, 0.4) is 0 Å². The molecule has 0 aromatic heterocycles. The molecule has 3 aromatic rings. The molecular weight excluding hydrogens is 436 g/mol. The Labute approximate surface area is 179 Å². The molecule has 0 radical (unpaired) electrons. The van der Waals surface area contributed by atoms with Gasteiger partial charge < -0.3 is 22.0 Å². The lowest BCUT2D eigenvalue weighted by Gasteiger charge is -2.25. The van der Waals surface area contributed by atoms with E-state index in [1.807, 2.05) is 0 Å². The number of allylic oxidation sites excluding steroid dienone is 2. The van der Waals surface area contributed by atoms with Gasteiger partial charge in [-0.1, -0.05) is 48.5 Å². The summed E-state index contributed by atoms with van der Waals surface area (Å²) in [5.74, 6) is -1.10. The van der Waals surface area contributed by atoms with Crippen LogP contribution in [0.2, 0.25) is 0 Å². The van der Waals surface area contributed by atoms with Crippen molar-refractivity contribution in [1.29, 1.82) is 0 Å². The lowest BCUT2D eigenvalue weighted by atomic mass is 9.96. The van der Waals surface area contributed by atoms with E-state index in [4.69, 9.17) is 4.74 Å². The summed E-state index contributed by atoms with van der Waals surface area (Å²) < 4.78 is 87.8. The molecule has 166 valence electrons. The number of benzene rings is 3. The quantitative estimate of drug-likeness (QED) is 0.294. The lowest BCUT2D eigenvalue weighted by molar-refractivity contribution is 0.207. The van der Waals surface area contributed by atoms with E-state index in [1.165, 1.54) is 18.2 Å². The number of rotatable bonds is 3. The van der Waals surface area contributed by atoms with Gasteiger partial charge in [-0.3, -0.25) is 0 Å². The minimum Gasteiger partial charge on any atom is -0.481 e. The van der Waals surface area contributed by atoms with Crippen LogP contribution in [0, 0.1) is 17.5 Å². The molecule has 0 amide bonds. The summed E-state index contributed by atoms with van der Waals surface area (Å²) in [4.78, 5) is 0. The van der Waals surface area contributed by atoms with Crippen molar-refractivity contribution in [3.8, 4) is 0 Å². The van der Waals surface area contributed by atoms with E-state index in [1.54, 1.807) is 66.7 Å². The van der Waals surface area contributed by atoms with Crippen LogP contribution >= 0.6 is 0 Å². The molecule has 0 saturated carbocycles. The highest BCUT2D eigenvalue weighted by atomic mass is 19.5. The lowest BCUT2D eigenvalue weighted by Crippen LogP contribution is -2.09. The zero-order chi connectivity index (χ0) is 23.3. The molecule has 0 bridgehead atoms. The highest BCUT2D eigenvalue weighted by Crippen LogP contribution is 2.38. The Morgan fingerprint density at radius 3 is 1.62 bits per heavy atom. The van der Waals surface area contributed by atoms with Crippen molar-refractivity contribution < 1.29 is 35.2 Å². The third-order valence-corrected chi connectivity index (χ3v) is 4.41. The number of halogens is 7. The topological polar surface area (TPSA) is 9.23 Å². The van der Waals surface area contributed by atoms with E-state index in [2.05, 4.69) is 0 Å². The van der Waals surface area contributed by atoms with Crippen molar-refractivity contribution in [2.24, 2.45) is 0 Å². The molecule has 4 rings (SSSR count). The summed E-state index contributed by atoms with van der Waals surface area (Å²) in [6.45, 7) is 0. The first-order valence-corrected chi connectivity index (χ1v) is 9.35. The molecule has 1 atom stereocenters. The Morgan fingerprint density at radius 2 is 1.09 bits per heavy atom. The van der Waals surface area contributed by atoms with E-state index in [0.717, 1.165) is 0 Å². The van der Waals surface area contributed by atoms with Gasteiger partial charge in [0.25, 0.3) is 0 Å². The van der Waals surface area contributed by atoms with Crippen molar-refractivity contribution in [3.05, 3.63) is 119 Å². The van der Waals surface area contributed by atoms with E-state index in [-0.39, 0.29) is 11.3 Å². The minimum atomic E-state index is -6.00. The normalized spacial score (nSPS) is 15.7. The number of ether oxygens (including phenoxy) is 1. The maximum absolute atomic E-state index is 14.3. The van der Waals surface area contributed by atoms with Crippen LogP contribution in [0.25, 0.3) is 11.3 Å². The third kappa shape index (κ3) is 6.03. The van der Waals surface area contributed by atoms with Crippen molar-refractivity contribution in [2.75, 3.05) is 0 Å². The first kappa shape index (κ1) is 23.2. The molecule has 0 saturated heterocycles. The second-order valence-electron chi connectivity index (χ2n) is 6.65. The van der Waals surface area contributed by atoms with Crippen LogP contribution in [0.1, 0.15) is 22.8 Å². The molecule has 0 aliphatic carbocycles. The summed E-state index contributed by atoms with van der Waals surface area (Å²) in [5, 5.41) is 0. The van der Waals surface area contributed by atoms with Crippen molar-refractivity contribution >= 4 is 18.6 Å². The molecule has 1 aliphatic heterocycles. The van der Waals surface area contributed by atoms with Crippen molar-refractivity contribution in [3.63, 3.8) is 0 Å². The van der Waals surface area contributed by atoms with Gasteiger partial charge in [-0.05, 0) is 42.0 Å². The SMILES string of the molecule is F[B-](F)(F)F.Fc1ccccc1C1=CC(c2ccccc2F)OC(c2ccccc2F)=C1. The van der Waals surface area contributed by atoms with Crippen LogP contribution in [-0.2, 0) is 4.74 Å². The monoisotopic (exact) mass is 451 g/mol. The van der Waals surface area contributed by atoms with Gasteiger partial charge in [-0.2, -0.15) is 0 Å². The smallest absolute Gasteiger partial charge is 0.481 e. The Balaban J connectivity index is 0.000000523. The summed E-state index contributed by atoms with van der Waals surface area (Å²) in [5.41, 5.74) is 1.39. The Morgan fingerprint density at radius 1 is 0.625 bits per heavy atom. The van der Waals surface area contributed by atoms with Gasteiger partial charge in [0.2, 0.25) is 0 Å². The Hall–Kier alpha value is -3.49. The largest absolute Gasteiger partial charge is 0.673 e. The van der Waals surface area contributed by atoms with Gasteiger partial charge in [0.1, 0.15) is 29.3 Å². The van der Waals surface area contributed by atoms with Crippen LogP contribution in [0.5, 0.6) is 0 Å². The molecule has 1 nitrogen and oxygen atoms in total. The first-order valence-electron chi connectivity index (χ1n) is 9.35. The second-order valence-corrected chi connectivity index (χ2v) is 6.65. The third-order valence-electron chi connectivity index (χ3n) is 4.41. The summed E-state index contributed by atoms with van der Waals surface area (Å²) in [6.07, 6.45) is 2.41. The summed E-state index contributed by atoms with van der Waals surface area (Å²) in [6, 6.07) is 18.6. The molecule has 1 heterocycles. The maximum Gasteiger partial charge on any atom is 0.673 e. The Kier molecular flexibility index (Phi) is 7.07. The molecule has 0 spiro atoms. The van der Waals surface area contributed by atoms with E-state index in [0.29, 0.717) is 16.7 Å². The number of hydrogen-bond donors (Lipinski definition) is 0. The fourth-order valence-electron chi connectivity index (χ4n) is 3.08. The fraction of sp³-hybridized carbons (Fsp3) is 0.0435. The van der Waals surface area contributed by atoms with Gasteiger partial charge in [0, 0.05) is 11.1 Å². The van der Waals surface area contributed by atoms with Crippen LogP contribution in [-0.4, -0.2) is 7.25 Å². The van der Waals surface area contributed by atoms with Gasteiger partial charge in [-0.25, -0.2) is 13.2 Å². The second kappa shape index (κ2) is 9.76. The average molecular weight is 451 g/mol. The molecule has 1 unspecified atom stereocenters. The van der Waals surface area contributed by atoms with Crippen molar-refractivity contribution in [2.45, 2.75) is 6.10 Å². The molecular formula is C23H15BF7O-. The molecule has 0 fully saturated rings. The number of hydrogen-bond acceptors (Lipinski definition) is 1. The van der Waals surface area contributed by atoms with E-state index in [9.17, 15) is 30.4 Å². The molecule has 0 N–H and O–H groups in total. The fourth-order valence-corrected chi connectivity index (χ4v) is 3.08. The van der Waals surface area contributed by atoms with Gasteiger partial charge >= 0.3 is 7.25 Å². The highest BCUT2D eigenvalue weighted by Gasteiger charge is 2.24. The first-order chi connectivity index (χ1) is 15.1. The zero-order valence-corrected chi connectivity index (χ0v) is 16.3. The van der Waals surface area contributed by atoms with E-state index >= 15 is 0 Å². The standard InChI is InChI=1S/C23H15F3O.BF4/c24-19-10-4-1-7-16(19)15-13-22(17-8-2-5-11-20(17)25)27-23(14-15)18-9-3-6-12-21(18)26;2-1(3,4)5/h1-14,22H;/q;-1. The predicted octanol–water partition coefficient (Wildman–Crippen LogP) is 7.60. The molecule has 9 heteroatoms. The van der Waals surface area contributed by atoms with Crippen molar-refractivity contribution in [1.82, 2.24) is 0 Å². The Bertz CT molecular complexity index is 1150. The zero-order valence-electron chi connectivity index (χ0n) is 16.3. The van der Waals surface area contributed by atoms with Crippen LogP contribution < -0.4 is 0 Å². The highest BCUT2D eigenvalue weighted by molar-refractivity contribution is 6.50. The summed E-state index contributed by atoms with van der Waals surface area (Å²) in [7, 11) is -6.00. The molecule has 3 aromatic carbocycles. The van der Waals surface area contributed by atoms with Crippen LogP contribution in [0.15, 0.2) is 84.9 Å². The molecule has 32 heavy (non-hydrogen) atoms. The maximum atomic E-state index is 14.3. The van der Waals surface area contributed by atoms with Gasteiger partial charge in [-0.15, -0.1) is 0 Å². The predicted molar refractivity (Wildman–Crippen MR) is 109 cm³/mol.